The zero-order chi connectivity index (χ0) is 14.0. The fourth-order valence-electron chi connectivity index (χ4n) is 2.82. The molecule has 4 heteroatoms. The van der Waals surface area contributed by atoms with Gasteiger partial charge >= 0.3 is 0 Å². The highest BCUT2D eigenvalue weighted by atomic mass is 16.5. The summed E-state index contributed by atoms with van der Waals surface area (Å²) in [5, 5.41) is 6.88. The van der Waals surface area contributed by atoms with Crippen LogP contribution in [0.5, 0.6) is 5.75 Å². The molecule has 0 aliphatic carbocycles. The first kappa shape index (κ1) is 13.7. The number of anilines is 1. The van der Waals surface area contributed by atoms with Gasteiger partial charge in [0.05, 0.1) is 12.2 Å². The van der Waals surface area contributed by atoms with E-state index in [1.807, 2.05) is 0 Å². The van der Waals surface area contributed by atoms with Gasteiger partial charge in [0.2, 0.25) is 0 Å². The first-order chi connectivity index (χ1) is 9.62. The summed E-state index contributed by atoms with van der Waals surface area (Å²) < 4.78 is 5.99. The minimum absolute atomic E-state index is 0.116. The van der Waals surface area contributed by atoms with Crippen molar-refractivity contribution in [3.8, 4) is 5.75 Å². The Labute approximate surface area is 121 Å². The first-order valence-corrected chi connectivity index (χ1v) is 7.61. The molecule has 1 aromatic rings. The molecular weight excluding hydrogens is 250 g/mol. The largest absolute Gasteiger partial charge is 0.484 e. The molecule has 1 fully saturated rings. The van der Waals surface area contributed by atoms with Crippen LogP contribution in [-0.4, -0.2) is 49.8 Å². The lowest BCUT2D eigenvalue weighted by molar-refractivity contribution is 0.116. The molecule has 0 bridgehead atoms. The van der Waals surface area contributed by atoms with Gasteiger partial charge in [0, 0.05) is 32.7 Å². The average Bonchev–Trinajstić information content (AvgIpc) is 2.45. The average molecular weight is 275 g/mol. The zero-order valence-corrected chi connectivity index (χ0v) is 12.5. The second-order valence-corrected chi connectivity index (χ2v) is 6.39. The van der Waals surface area contributed by atoms with E-state index in [0.717, 1.165) is 44.0 Å². The Morgan fingerprint density at radius 1 is 1.25 bits per heavy atom. The molecule has 2 heterocycles. The maximum atomic E-state index is 5.99. The summed E-state index contributed by atoms with van der Waals surface area (Å²) in [6, 6.07) is 6.55. The summed E-state index contributed by atoms with van der Waals surface area (Å²) in [6.07, 6.45) is 1.11. The molecule has 0 amide bonds. The number of hydrogen-bond acceptors (Lipinski definition) is 4. The number of fused-ring (bicyclic) bond motifs is 1. The standard InChI is InChI=1S/C16H25N3O/c1-16(2)12-18-14-11-13(3-4-15(14)20-16)5-8-19-9-6-17-7-10-19/h3-4,11,17-18H,5-10,12H2,1-2H3. The molecule has 0 aromatic heterocycles. The molecule has 2 aliphatic rings. The van der Waals surface area contributed by atoms with Crippen LogP contribution in [-0.2, 0) is 6.42 Å². The minimum Gasteiger partial charge on any atom is -0.484 e. The highest BCUT2D eigenvalue weighted by molar-refractivity contribution is 5.60. The molecule has 20 heavy (non-hydrogen) atoms. The maximum absolute atomic E-state index is 5.99. The van der Waals surface area contributed by atoms with Crippen molar-refractivity contribution in [2.24, 2.45) is 0 Å². The predicted molar refractivity (Wildman–Crippen MR) is 82.7 cm³/mol. The molecule has 2 aliphatic heterocycles. The summed E-state index contributed by atoms with van der Waals surface area (Å²) in [7, 11) is 0. The van der Waals surface area contributed by atoms with Crippen molar-refractivity contribution in [2.45, 2.75) is 25.9 Å². The number of benzene rings is 1. The van der Waals surface area contributed by atoms with Crippen molar-refractivity contribution in [3.05, 3.63) is 23.8 Å². The lowest BCUT2D eigenvalue weighted by Crippen LogP contribution is -2.44. The van der Waals surface area contributed by atoms with Crippen LogP contribution >= 0.6 is 0 Å². The van der Waals surface area contributed by atoms with Crippen molar-refractivity contribution >= 4 is 5.69 Å². The summed E-state index contributed by atoms with van der Waals surface area (Å²) >= 11 is 0. The van der Waals surface area contributed by atoms with Gasteiger partial charge in [-0.1, -0.05) is 6.07 Å². The van der Waals surface area contributed by atoms with Crippen LogP contribution in [0, 0.1) is 0 Å². The molecule has 1 aromatic carbocycles. The summed E-state index contributed by atoms with van der Waals surface area (Å²) in [4.78, 5) is 2.53. The Bertz CT molecular complexity index is 467. The number of nitrogens with one attached hydrogen (secondary N) is 2. The van der Waals surface area contributed by atoms with Crippen molar-refractivity contribution in [1.29, 1.82) is 0 Å². The van der Waals surface area contributed by atoms with Gasteiger partial charge in [0.25, 0.3) is 0 Å². The molecule has 3 rings (SSSR count). The molecule has 0 atom stereocenters. The quantitative estimate of drug-likeness (QED) is 0.880. The first-order valence-electron chi connectivity index (χ1n) is 7.61. The van der Waals surface area contributed by atoms with E-state index in [0.29, 0.717) is 0 Å². The van der Waals surface area contributed by atoms with Crippen LogP contribution in [0.2, 0.25) is 0 Å². The molecular formula is C16H25N3O. The number of piperazine rings is 1. The normalized spacial score (nSPS) is 21.7. The summed E-state index contributed by atoms with van der Waals surface area (Å²) in [5.41, 5.74) is 2.41. The number of rotatable bonds is 3. The SMILES string of the molecule is CC1(C)CNc2cc(CCN3CCNCC3)ccc2O1. The molecule has 0 saturated carbocycles. The molecule has 2 N–H and O–H groups in total. The van der Waals surface area contributed by atoms with Gasteiger partial charge in [-0.25, -0.2) is 0 Å². The van der Waals surface area contributed by atoms with Gasteiger partial charge < -0.3 is 20.3 Å². The smallest absolute Gasteiger partial charge is 0.143 e. The van der Waals surface area contributed by atoms with Crippen LogP contribution in [0.4, 0.5) is 5.69 Å². The molecule has 4 nitrogen and oxygen atoms in total. The van der Waals surface area contributed by atoms with Crippen molar-refractivity contribution in [3.63, 3.8) is 0 Å². The lowest BCUT2D eigenvalue weighted by atomic mass is 10.0. The Kier molecular flexibility index (Phi) is 3.85. The molecule has 0 radical (unpaired) electrons. The zero-order valence-electron chi connectivity index (χ0n) is 12.5. The fourth-order valence-corrected chi connectivity index (χ4v) is 2.82. The third kappa shape index (κ3) is 3.25. The van der Waals surface area contributed by atoms with E-state index in [1.54, 1.807) is 0 Å². The highest BCUT2D eigenvalue weighted by Gasteiger charge is 2.26. The third-order valence-corrected chi connectivity index (χ3v) is 4.06. The molecule has 0 spiro atoms. The van der Waals surface area contributed by atoms with E-state index in [-0.39, 0.29) is 5.60 Å². The Morgan fingerprint density at radius 2 is 2.05 bits per heavy atom. The van der Waals surface area contributed by atoms with Crippen molar-refractivity contribution in [1.82, 2.24) is 10.2 Å². The molecule has 1 saturated heterocycles. The van der Waals surface area contributed by atoms with Gasteiger partial charge in [-0.3, -0.25) is 0 Å². The van der Waals surface area contributed by atoms with E-state index in [1.165, 1.54) is 18.7 Å². The number of hydrogen-bond donors (Lipinski definition) is 2. The monoisotopic (exact) mass is 275 g/mol. The van der Waals surface area contributed by atoms with E-state index in [2.05, 4.69) is 47.6 Å². The van der Waals surface area contributed by atoms with Crippen LogP contribution < -0.4 is 15.4 Å². The third-order valence-electron chi connectivity index (χ3n) is 4.06. The van der Waals surface area contributed by atoms with Crippen LogP contribution in [0.25, 0.3) is 0 Å². The minimum atomic E-state index is -0.116. The van der Waals surface area contributed by atoms with Gasteiger partial charge in [-0.05, 0) is 38.0 Å². The maximum Gasteiger partial charge on any atom is 0.143 e. The Hall–Kier alpha value is -1.26. The Morgan fingerprint density at radius 3 is 2.85 bits per heavy atom. The van der Waals surface area contributed by atoms with Crippen molar-refractivity contribution < 1.29 is 4.74 Å². The molecule has 110 valence electrons. The second-order valence-electron chi connectivity index (χ2n) is 6.39. The summed E-state index contributed by atoms with van der Waals surface area (Å²) in [5.74, 6) is 0.979. The highest BCUT2D eigenvalue weighted by Crippen LogP contribution is 2.33. The van der Waals surface area contributed by atoms with E-state index >= 15 is 0 Å². The van der Waals surface area contributed by atoms with E-state index < -0.39 is 0 Å². The van der Waals surface area contributed by atoms with E-state index in [4.69, 9.17) is 4.74 Å². The Balaban J connectivity index is 1.61. The topological polar surface area (TPSA) is 36.5 Å². The number of ether oxygens (including phenoxy) is 1. The van der Waals surface area contributed by atoms with Crippen LogP contribution in [0.15, 0.2) is 18.2 Å². The predicted octanol–water partition coefficient (Wildman–Crippen LogP) is 1.72. The fraction of sp³-hybridized carbons (Fsp3) is 0.625. The summed E-state index contributed by atoms with van der Waals surface area (Å²) in [6.45, 7) is 10.8. The van der Waals surface area contributed by atoms with Gasteiger partial charge in [0.15, 0.2) is 0 Å². The van der Waals surface area contributed by atoms with Gasteiger partial charge in [-0.2, -0.15) is 0 Å². The second kappa shape index (κ2) is 5.62. The van der Waals surface area contributed by atoms with Crippen LogP contribution in [0.3, 0.4) is 0 Å². The van der Waals surface area contributed by atoms with E-state index in [9.17, 15) is 0 Å². The van der Waals surface area contributed by atoms with Gasteiger partial charge in [-0.15, -0.1) is 0 Å². The van der Waals surface area contributed by atoms with Gasteiger partial charge in [0.1, 0.15) is 11.4 Å². The molecule has 0 unspecified atom stereocenters. The van der Waals surface area contributed by atoms with Crippen molar-refractivity contribution in [2.75, 3.05) is 44.6 Å². The lowest BCUT2D eigenvalue weighted by Gasteiger charge is -2.33. The number of nitrogens with zero attached hydrogens (tertiary/aromatic N) is 1. The van der Waals surface area contributed by atoms with Crippen LogP contribution in [0.1, 0.15) is 19.4 Å².